The number of aliphatic hydroxyl groups is 1. The molecule has 2 aliphatic heterocycles. The van der Waals surface area contributed by atoms with Gasteiger partial charge in [0, 0.05) is 49.3 Å². The Bertz CT molecular complexity index is 1060. The molecular formula is C28H37N3O3. The zero-order valence-corrected chi connectivity index (χ0v) is 20.2. The number of ether oxygens (including phenoxy) is 1. The highest BCUT2D eigenvalue weighted by Crippen LogP contribution is 2.56. The fourth-order valence-electron chi connectivity index (χ4n) is 7.12. The molecule has 0 amide bonds. The van der Waals surface area contributed by atoms with Crippen LogP contribution in [0.1, 0.15) is 48.9 Å². The number of rotatable bonds is 6. The third kappa shape index (κ3) is 3.71. The third-order valence-corrected chi connectivity index (χ3v) is 9.20. The molecule has 0 spiro atoms. The quantitative estimate of drug-likeness (QED) is 0.686. The van der Waals surface area contributed by atoms with Gasteiger partial charge in [-0.15, -0.1) is 0 Å². The molecule has 3 fully saturated rings. The van der Waals surface area contributed by atoms with Crippen molar-refractivity contribution in [3.63, 3.8) is 0 Å². The lowest BCUT2D eigenvalue weighted by Gasteiger charge is -2.61. The van der Waals surface area contributed by atoms with Crippen LogP contribution < -0.4 is 4.74 Å². The second kappa shape index (κ2) is 8.51. The predicted octanol–water partition coefficient (Wildman–Crippen LogP) is 3.14. The molecule has 1 aromatic heterocycles. The minimum absolute atomic E-state index is 0.166. The molecule has 4 aliphatic rings. The molecule has 3 unspecified atom stereocenters. The lowest BCUT2D eigenvalue weighted by Crippen LogP contribution is -2.71. The average molecular weight is 464 g/mol. The Morgan fingerprint density at radius 3 is 2.74 bits per heavy atom. The number of piperidine rings is 1. The fraction of sp³-hybridized carbons (Fsp3) is 0.607. The number of phenols is 1. The first-order valence-corrected chi connectivity index (χ1v) is 13.0. The number of phenolic OH excluding ortho intramolecular Hbond substituents is 1. The number of hydrogen-bond acceptors (Lipinski definition) is 6. The molecule has 0 radical (unpaired) electrons. The van der Waals surface area contributed by atoms with Crippen LogP contribution in [0.3, 0.4) is 0 Å². The highest BCUT2D eigenvalue weighted by molar-refractivity contribution is 5.48. The van der Waals surface area contributed by atoms with E-state index in [1.165, 1.54) is 24.0 Å². The van der Waals surface area contributed by atoms with E-state index >= 15 is 0 Å². The van der Waals surface area contributed by atoms with E-state index in [0.717, 1.165) is 76.4 Å². The minimum atomic E-state index is -0.760. The highest BCUT2D eigenvalue weighted by atomic mass is 16.5. The summed E-state index contributed by atoms with van der Waals surface area (Å²) in [6.45, 7) is 4.95. The first-order valence-electron chi connectivity index (χ1n) is 13.0. The summed E-state index contributed by atoms with van der Waals surface area (Å²) >= 11 is 0. The van der Waals surface area contributed by atoms with Crippen molar-refractivity contribution in [2.75, 3.05) is 39.8 Å². The molecule has 2 saturated heterocycles. The molecule has 1 aromatic carbocycles. The number of nitrogens with zero attached hydrogens (tertiary/aromatic N) is 3. The van der Waals surface area contributed by atoms with Crippen LogP contribution in [0.2, 0.25) is 0 Å². The van der Waals surface area contributed by atoms with E-state index in [-0.39, 0.29) is 11.5 Å². The molecule has 1 saturated carbocycles. The summed E-state index contributed by atoms with van der Waals surface area (Å²) in [4.78, 5) is 9.71. The summed E-state index contributed by atoms with van der Waals surface area (Å²) in [6, 6.07) is 12.0. The van der Waals surface area contributed by atoms with Crippen LogP contribution in [0.5, 0.6) is 11.6 Å². The zero-order valence-electron chi connectivity index (χ0n) is 20.2. The van der Waals surface area contributed by atoms with Crippen molar-refractivity contribution in [2.24, 2.45) is 5.92 Å². The van der Waals surface area contributed by atoms with Crippen molar-refractivity contribution in [2.45, 2.75) is 62.0 Å². The average Bonchev–Trinajstić information content (AvgIpc) is 3.67. The van der Waals surface area contributed by atoms with Crippen LogP contribution in [0, 0.1) is 5.92 Å². The zero-order chi connectivity index (χ0) is 23.3. The van der Waals surface area contributed by atoms with Gasteiger partial charge in [0.2, 0.25) is 5.88 Å². The summed E-state index contributed by atoms with van der Waals surface area (Å²) in [5, 5.41) is 23.0. The molecule has 2 N–H and O–H groups in total. The van der Waals surface area contributed by atoms with Crippen molar-refractivity contribution in [1.29, 1.82) is 0 Å². The molecule has 2 bridgehead atoms. The Labute approximate surface area is 202 Å². The van der Waals surface area contributed by atoms with Gasteiger partial charge in [-0.1, -0.05) is 12.1 Å². The van der Waals surface area contributed by atoms with E-state index in [1.54, 1.807) is 7.11 Å². The number of fused-ring (bicyclic) bond motifs is 1. The largest absolute Gasteiger partial charge is 0.508 e. The summed E-state index contributed by atoms with van der Waals surface area (Å²) in [7, 11) is 1.66. The molecule has 3 heterocycles. The number of aromatic nitrogens is 1. The lowest BCUT2D eigenvalue weighted by molar-refractivity contribution is -0.149. The number of likely N-dealkylation sites (tertiary alicyclic amines) is 2. The van der Waals surface area contributed by atoms with Crippen molar-refractivity contribution in [1.82, 2.24) is 14.8 Å². The van der Waals surface area contributed by atoms with Gasteiger partial charge in [0.1, 0.15) is 5.75 Å². The van der Waals surface area contributed by atoms with Crippen molar-refractivity contribution in [3.05, 3.63) is 53.2 Å². The molecule has 6 heteroatoms. The van der Waals surface area contributed by atoms with Crippen LogP contribution in [0.25, 0.3) is 0 Å². The number of benzene rings is 1. The van der Waals surface area contributed by atoms with E-state index in [0.29, 0.717) is 11.6 Å². The third-order valence-electron chi connectivity index (χ3n) is 9.20. The first kappa shape index (κ1) is 22.3. The fourth-order valence-corrected chi connectivity index (χ4v) is 7.12. The van der Waals surface area contributed by atoms with E-state index in [1.807, 2.05) is 24.3 Å². The van der Waals surface area contributed by atoms with Gasteiger partial charge in [0.05, 0.1) is 12.7 Å². The maximum absolute atomic E-state index is 12.6. The molecule has 34 heavy (non-hydrogen) atoms. The Morgan fingerprint density at radius 2 is 1.91 bits per heavy atom. The van der Waals surface area contributed by atoms with Gasteiger partial charge in [-0.3, -0.25) is 4.90 Å². The maximum atomic E-state index is 12.6. The topological polar surface area (TPSA) is 69.1 Å². The smallest absolute Gasteiger partial charge is 0.213 e. The molecule has 6 nitrogen and oxygen atoms in total. The Kier molecular flexibility index (Phi) is 5.58. The lowest BCUT2D eigenvalue weighted by atomic mass is 9.52. The summed E-state index contributed by atoms with van der Waals surface area (Å²) in [5.41, 5.74) is 2.52. The van der Waals surface area contributed by atoms with E-state index in [2.05, 4.69) is 26.9 Å². The van der Waals surface area contributed by atoms with Gasteiger partial charge < -0.3 is 19.8 Å². The monoisotopic (exact) mass is 463 g/mol. The van der Waals surface area contributed by atoms with Gasteiger partial charge >= 0.3 is 0 Å². The minimum Gasteiger partial charge on any atom is -0.508 e. The summed E-state index contributed by atoms with van der Waals surface area (Å²) < 4.78 is 5.29. The molecular weight excluding hydrogens is 426 g/mol. The molecule has 6 rings (SSSR count). The second-order valence-corrected chi connectivity index (χ2v) is 11.0. The Hall–Kier alpha value is -2.15. The van der Waals surface area contributed by atoms with Crippen molar-refractivity contribution >= 4 is 0 Å². The number of pyridine rings is 1. The maximum Gasteiger partial charge on any atom is 0.213 e. The van der Waals surface area contributed by atoms with E-state index in [9.17, 15) is 10.2 Å². The number of aromatic hydroxyl groups is 1. The van der Waals surface area contributed by atoms with Gasteiger partial charge in [-0.25, -0.2) is 4.98 Å². The number of hydrogen-bond donors (Lipinski definition) is 2. The van der Waals surface area contributed by atoms with E-state index in [4.69, 9.17) is 4.74 Å². The van der Waals surface area contributed by atoms with Crippen LogP contribution in [0.4, 0.5) is 0 Å². The second-order valence-electron chi connectivity index (χ2n) is 11.0. The van der Waals surface area contributed by atoms with Crippen molar-refractivity contribution in [3.8, 4) is 11.6 Å². The standard InChI is InChI=1S/C28H37N3O3/c1-34-26-4-2-3-22(29-26)9-13-30-14-10-27-11-16-31(19-20-5-6-20)25(28(27,33)12-15-30)17-21-7-8-23(32)18-24(21)27/h2-4,7-8,18,20,25,32-33H,5-6,9-17,19H2,1H3. The Morgan fingerprint density at radius 1 is 1.09 bits per heavy atom. The summed E-state index contributed by atoms with van der Waals surface area (Å²) in [5.74, 6) is 1.79. The van der Waals surface area contributed by atoms with Crippen molar-refractivity contribution < 1.29 is 14.9 Å². The van der Waals surface area contributed by atoms with Crippen LogP contribution in [0.15, 0.2) is 36.4 Å². The molecule has 3 atom stereocenters. The van der Waals surface area contributed by atoms with Gasteiger partial charge in [-0.2, -0.15) is 0 Å². The van der Waals surface area contributed by atoms with Crippen LogP contribution in [-0.2, 0) is 18.3 Å². The molecule has 182 valence electrons. The highest BCUT2D eigenvalue weighted by Gasteiger charge is 2.63. The first-order chi connectivity index (χ1) is 16.5. The summed E-state index contributed by atoms with van der Waals surface area (Å²) in [6.07, 6.45) is 7.10. The number of methoxy groups -OCH3 is 1. The van der Waals surface area contributed by atoms with Gasteiger partial charge in [-0.05, 0) is 86.9 Å². The Balaban J connectivity index is 1.28. The predicted molar refractivity (Wildman–Crippen MR) is 131 cm³/mol. The van der Waals surface area contributed by atoms with Crippen LogP contribution in [-0.4, -0.2) is 76.5 Å². The molecule has 2 aromatic rings. The SMILES string of the molecule is COc1cccc(CCN2CCC34CCN(CC5CC5)C(Cc5ccc(O)cc53)C4(O)CC2)n1. The van der Waals surface area contributed by atoms with E-state index < -0.39 is 5.60 Å². The normalized spacial score (nSPS) is 31.4. The van der Waals surface area contributed by atoms with Gasteiger partial charge in [0.25, 0.3) is 0 Å². The van der Waals surface area contributed by atoms with Gasteiger partial charge in [0.15, 0.2) is 0 Å². The molecule has 2 aliphatic carbocycles. The van der Waals surface area contributed by atoms with Crippen LogP contribution >= 0.6 is 0 Å².